The number of guanidine groups is 1. The van der Waals surface area contributed by atoms with Gasteiger partial charge < -0.3 is 5.73 Å². The Bertz CT molecular complexity index is 641. The molecule has 2 aromatic rings. The van der Waals surface area contributed by atoms with Gasteiger partial charge in [-0.1, -0.05) is 42.3 Å². The Hall–Kier alpha value is -1.71. The van der Waals surface area contributed by atoms with Crippen molar-refractivity contribution in [3.05, 3.63) is 58.1 Å². The van der Waals surface area contributed by atoms with Gasteiger partial charge in [-0.3, -0.25) is 10.3 Å². The van der Waals surface area contributed by atoms with Gasteiger partial charge in [0, 0.05) is 10.7 Å². The minimum atomic E-state index is -0.109. The van der Waals surface area contributed by atoms with Gasteiger partial charge in [0.15, 0.2) is 5.96 Å². The zero-order chi connectivity index (χ0) is 14.7. The summed E-state index contributed by atoms with van der Waals surface area (Å²) in [6, 6.07) is 12.9. The summed E-state index contributed by atoms with van der Waals surface area (Å²) in [4.78, 5) is 1.58. The van der Waals surface area contributed by atoms with E-state index in [0.717, 1.165) is 17.7 Å². The zero-order valence-electron chi connectivity index (χ0n) is 11.0. The molecule has 0 radical (unpaired) electrons. The fraction of sp³-hybridized carbons (Fsp3) is 0.133. The molecule has 3 nitrogen and oxygen atoms in total. The maximum absolute atomic E-state index is 7.82. The SMILES string of the molecule is CCc1cccc(N(C(=N)N)c2cc(Cl)ccc2Cl)c1. The third-order valence-electron chi connectivity index (χ3n) is 2.97. The van der Waals surface area contributed by atoms with Crippen LogP contribution in [-0.4, -0.2) is 5.96 Å². The van der Waals surface area contributed by atoms with Crippen LogP contribution in [0.15, 0.2) is 42.5 Å². The summed E-state index contributed by atoms with van der Waals surface area (Å²) in [6.07, 6.45) is 0.906. The second-order valence-electron chi connectivity index (χ2n) is 4.34. The van der Waals surface area contributed by atoms with Crippen molar-refractivity contribution in [3.63, 3.8) is 0 Å². The van der Waals surface area contributed by atoms with E-state index in [9.17, 15) is 0 Å². The van der Waals surface area contributed by atoms with E-state index < -0.39 is 0 Å². The fourth-order valence-electron chi connectivity index (χ4n) is 1.98. The number of rotatable bonds is 3. The molecule has 0 amide bonds. The highest BCUT2D eigenvalue weighted by molar-refractivity contribution is 6.36. The van der Waals surface area contributed by atoms with Gasteiger partial charge in [-0.05, 0) is 42.3 Å². The van der Waals surface area contributed by atoms with Crippen LogP contribution in [0.5, 0.6) is 0 Å². The molecule has 0 aliphatic carbocycles. The number of hydrogen-bond acceptors (Lipinski definition) is 1. The van der Waals surface area contributed by atoms with Crippen molar-refractivity contribution in [1.29, 1.82) is 5.41 Å². The summed E-state index contributed by atoms with van der Waals surface area (Å²) in [6.45, 7) is 2.07. The first-order chi connectivity index (χ1) is 9.52. The molecule has 0 fully saturated rings. The predicted octanol–water partition coefficient (Wildman–Crippen LogP) is 4.59. The van der Waals surface area contributed by atoms with Gasteiger partial charge in [0.25, 0.3) is 0 Å². The van der Waals surface area contributed by atoms with Crippen LogP contribution in [0.2, 0.25) is 10.0 Å². The first kappa shape index (κ1) is 14.7. The smallest absolute Gasteiger partial charge is 0.197 e. The van der Waals surface area contributed by atoms with Gasteiger partial charge in [0.05, 0.1) is 10.7 Å². The molecular formula is C15H15Cl2N3. The van der Waals surface area contributed by atoms with Crippen LogP contribution in [0.4, 0.5) is 11.4 Å². The van der Waals surface area contributed by atoms with Crippen LogP contribution >= 0.6 is 23.2 Å². The van der Waals surface area contributed by atoms with Gasteiger partial charge in [0.1, 0.15) is 0 Å². The van der Waals surface area contributed by atoms with E-state index in [4.69, 9.17) is 34.3 Å². The quantitative estimate of drug-likeness (QED) is 0.644. The molecule has 0 saturated carbocycles. The van der Waals surface area contributed by atoms with Crippen LogP contribution in [0, 0.1) is 5.41 Å². The first-order valence-electron chi connectivity index (χ1n) is 6.21. The molecule has 0 aliphatic heterocycles. The van der Waals surface area contributed by atoms with Crippen molar-refractivity contribution in [2.75, 3.05) is 4.90 Å². The second-order valence-corrected chi connectivity index (χ2v) is 5.18. The summed E-state index contributed by atoms with van der Waals surface area (Å²) in [5.41, 5.74) is 8.27. The lowest BCUT2D eigenvalue weighted by Gasteiger charge is -2.24. The van der Waals surface area contributed by atoms with Gasteiger partial charge >= 0.3 is 0 Å². The van der Waals surface area contributed by atoms with E-state index in [-0.39, 0.29) is 5.96 Å². The van der Waals surface area contributed by atoms with Gasteiger partial charge in [-0.15, -0.1) is 0 Å². The van der Waals surface area contributed by atoms with E-state index in [0.29, 0.717) is 15.7 Å². The topological polar surface area (TPSA) is 53.1 Å². The minimum absolute atomic E-state index is 0.109. The van der Waals surface area contributed by atoms with Crippen molar-refractivity contribution in [1.82, 2.24) is 0 Å². The number of benzene rings is 2. The standard InChI is InChI=1S/C15H15Cl2N3/c1-2-10-4-3-5-12(8-10)20(15(18)19)14-9-11(16)6-7-13(14)17/h3-9H,2H2,1H3,(H3,18,19). The molecule has 0 saturated heterocycles. The zero-order valence-corrected chi connectivity index (χ0v) is 12.5. The third kappa shape index (κ3) is 3.06. The molecule has 104 valence electrons. The summed E-state index contributed by atoms with van der Waals surface area (Å²) >= 11 is 12.2. The Morgan fingerprint density at radius 2 is 1.95 bits per heavy atom. The van der Waals surface area contributed by atoms with Crippen LogP contribution in [0.25, 0.3) is 0 Å². The van der Waals surface area contributed by atoms with Crippen LogP contribution in [0.1, 0.15) is 12.5 Å². The lowest BCUT2D eigenvalue weighted by atomic mass is 10.1. The highest BCUT2D eigenvalue weighted by atomic mass is 35.5. The number of nitrogens with two attached hydrogens (primary N) is 1. The summed E-state index contributed by atoms with van der Waals surface area (Å²) in [5, 5.41) is 8.86. The van der Waals surface area contributed by atoms with Crippen molar-refractivity contribution < 1.29 is 0 Å². The van der Waals surface area contributed by atoms with E-state index in [1.54, 1.807) is 23.1 Å². The number of halogens is 2. The maximum Gasteiger partial charge on any atom is 0.197 e. The molecule has 0 aliphatic rings. The summed E-state index contributed by atoms with van der Waals surface area (Å²) < 4.78 is 0. The first-order valence-corrected chi connectivity index (χ1v) is 6.96. The molecular weight excluding hydrogens is 293 g/mol. The van der Waals surface area contributed by atoms with Gasteiger partial charge in [-0.2, -0.15) is 0 Å². The number of hydrogen-bond donors (Lipinski definition) is 2. The second kappa shape index (κ2) is 6.16. The molecule has 0 aromatic heterocycles. The Labute approximate surface area is 128 Å². The predicted molar refractivity (Wildman–Crippen MR) is 86.3 cm³/mol. The summed E-state index contributed by atoms with van der Waals surface area (Å²) in [7, 11) is 0. The Morgan fingerprint density at radius 1 is 1.20 bits per heavy atom. The third-order valence-corrected chi connectivity index (χ3v) is 3.52. The molecule has 20 heavy (non-hydrogen) atoms. The number of aryl methyl sites for hydroxylation is 1. The Balaban J connectivity index is 2.56. The van der Waals surface area contributed by atoms with E-state index in [1.807, 2.05) is 24.3 Å². The molecule has 0 atom stereocenters. The lowest BCUT2D eigenvalue weighted by Crippen LogP contribution is -2.32. The van der Waals surface area contributed by atoms with Gasteiger partial charge in [0.2, 0.25) is 0 Å². The Morgan fingerprint density at radius 3 is 2.60 bits per heavy atom. The molecule has 2 aromatic carbocycles. The van der Waals surface area contributed by atoms with Crippen LogP contribution in [0.3, 0.4) is 0 Å². The monoisotopic (exact) mass is 307 g/mol. The minimum Gasteiger partial charge on any atom is -0.369 e. The van der Waals surface area contributed by atoms with Crippen molar-refractivity contribution in [2.45, 2.75) is 13.3 Å². The lowest BCUT2D eigenvalue weighted by molar-refractivity contribution is 1.13. The summed E-state index contributed by atoms with van der Waals surface area (Å²) in [5.74, 6) is -0.109. The molecule has 0 spiro atoms. The van der Waals surface area contributed by atoms with E-state index in [1.165, 1.54) is 0 Å². The van der Waals surface area contributed by atoms with E-state index >= 15 is 0 Å². The van der Waals surface area contributed by atoms with Crippen molar-refractivity contribution in [2.24, 2.45) is 5.73 Å². The number of nitrogens with one attached hydrogen (secondary N) is 1. The van der Waals surface area contributed by atoms with Crippen molar-refractivity contribution >= 4 is 40.5 Å². The normalized spacial score (nSPS) is 10.3. The van der Waals surface area contributed by atoms with Crippen LogP contribution < -0.4 is 10.6 Å². The molecule has 2 rings (SSSR count). The van der Waals surface area contributed by atoms with Gasteiger partial charge in [-0.25, -0.2) is 0 Å². The highest BCUT2D eigenvalue weighted by Crippen LogP contribution is 2.34. The molecule has 0 heterocycles. The fourth-order valence-corrected chi connectivity index (χ4v) is 2.35. The molecule has 5 heteroatoms. The number of nitrogens with zero attached hydrogens (tertiary/aromatic N) is 1. The molecule has 0 bridgehead atoms. The van der Waals surface area contributed by atoms with Crippen molar-refractivity contribution in [3.8, 4) is 0 Å². The highest BCUT2D eigenvalue weighted by Gasteiger charge is 2.16. The van der Waals surface area contributed by atoms with E-state index in [2.05, 4.69) is 6.92 Å². The number of anilines is 2. The largest absolute Gasteiger partial charge is 0.369 e. The average molecular weight is 308 g/mol. The average Bonchev–Trinajstić information content (AvgIpc) is 2.43. The van der Waals surface area contributed by atoms with Crippen LogP contribution in [-0.2, 0) is 6.42 Å². The molecule has 0 unspecified atom stereocenters. The maximum atomic E-state index is 7.82. The Kier molecular flexibility index (Phi) is 4.53. The molecule has 3 N–H and O–H groups in total.